The summed E-state index contributed by atoms with van der Waals surface area (Å²) in [6.45, 7) is 1.89. The summed E-state index contributed by atoms with van der Waals surface area (Å²) in [7, 11) is 3.17. The largest absolute Gasteiger partial charge is 0.385 e. The van der Waals surface area contributed by atoms with E-state index < -0.39 is 5.82 Å². The van der Waals surface area contributed by atoms with Crippen molar-refractivity contribution in [2.75, 3.05) is 40.5 Å². The molecule has 4 nitrogen and oxygen atoms in total. The van der Waals surface area contributed by atoms with Crippen LogP contribution in [0.15, 0.2) is 22.7 Å². The summed E-state index contributed by atoms with van der Waals surface area (Å²) < 4.78 is 24.2. The number of nitrogens with zero attached hydrogens (tertiary/aromatic N) is 1. The monoisotopic (exact) mass is 347 g/mol. The van der Waals surface area contributed by atoms with E-state index in [-0.39, 0.29) is 15.9 Å². The van der Waals surface area contributed by atoms with E-state index in [0.717, 1.165) is 0 Å². The number of hydrogen-bond donors (Lipinski definition) is 0. The normalized spacial score (nSPS) is 10.6. The van der Waals surface area contributed by atoms with Crippen LogP contribution in [-0.4, -0.2) is 51.3 Å². The van der Waals surface area contributed by atoms with Crippen molar-refractivity contribution < 1.29 is 18.7 Å². The van der Waals surface area contributed by atoms with Crippen molar-refractivity contribution in [3.8, 4) is 0 Å². The maximum atomic E-state index is 14.0. The summed E-state index contributed by atoms with van der Waals surface area (Å²) in [5.74, 6) is -0.872. The summed E-state index contributed by atoms with van der Waals surface area (Å²) >= 11 is 3.09. The Balaban J connectivity index is 2.82. The summed E-state index contributed by atoms with van der Waals surface area (Å²) in [5.41, 5.74) is 0.0629. The van der Waals surface area contributed by atoms with Crippen LogP contribution in [-0.2, 0) is 9.47 Å². The molecule has 0 fully saturated rings. The van der Waals surface area contributed by atoms with Crippen LogP contribution in [0.4, 0.5) is 4.39 Å². The Kier molecular flexibility index (Phi) is 7.72. The Hall–Kier alpha value is -0.980. The fourth-order valence-electron chi connectivity index (χ4n) is 1.76. The molecule has 112 valence electrons. The zero-order valence-corrected chi connectivity index (χ0v) is 13.3. The zero-order chi connectivity index (χ0) is 15.0. The Bertz CT molecular complexity index is 442. The highest BCUT2D eigenvalue weighted by molar-refractivity contribution is 9.10. The van der Waals surface area contributed by atoms with E-state index >= 15 is 0 Å². The third-order valence-electron chi connectivity index (χ3n) is 2.81. The van der Waals surface area contributed by atoms with Gasteiger partial charge in [-0.05, 0) is 34.5 Å². The van der Waals surface area contributed by atoms with Gasteiger partial charge in [0.15, 0.2) is 0 Å². The number of benzene rings is 1. The first-order valence-electron chi connectivity index (χ1n) is 6.33. The molecule has 0 aromatic heterocycles. The van der Waals surface area contributed by atoms with Gasteiger partial charge in [0, 0.05) is 33.9 Å². The first-order valence-corrected chi connectivity index (χ1v) is 7.12. The van der Waals surface area contributed by atoms with Crippen LogP contribution in [0.5, 0.6) is 0 Å². The van der Waals surface area contributed by atoms with Gasteiger partial charge in [-0.1, -0.05) is 6.07 Å². The van der Waals surface area contributed by atoms with Crippen molar-refractivity contribution in [3.63, 3.8) is 0 Å². The minimum Gasteiger partial charge on any atom is -0.385 e. The number of rotatable bonds is 8. The van der Waals surface area contributed by atoms with E-state index in [0.29, 0.717) is 32.7 Å². The van der Waals surface area contributed by atoms with Crippen LogP contribution < -0.4 is 0 Å². The minimum atomic E-state index is -0.536. The standard InChI is InChI=1S/C14H19BrFNO3/c1-19-9-4-7-17(8-10-20-2)14(18)11-5-3-6-12(15)13(11)16/h3,5-6H,4,7-10H2,1-2H3. The maximum absolute atomic E-state index is 14.0. The molecule has 0 aliphatic rings. The van der Waals surface area contributed by atoms with Gasteiger partial charge in [0.1, 0.15) is 5.82 Å². The van der Waals surface area contributed by atoms with Gasteiger partial charge in [0.05, 0.1) is 16.6 Å². The van der Waals surface area contributed by atoms with E-state index in [1.54, 1.807) is 31.3 Å². The fraction of sp³-hybridized carbons (Fsp3) is 0.500. The zero-order valence-electron chi connectivity index (χ0n) is 11.7. The lowest BCUT2D eigenvalue weighted by atomic mass is 10.2. The molecule has 0 heterocycles. The molecule has 0 atom stereocenters. The van der Waals surface area contributed by atoms with E-state index in [4.69, 9.17) is 9.47 Å². The van der Waals surface area contributed by atoms with Crippen molar-refractivity contribution in [2.45, 2.75) is 6.42 Å². The van der Waals surface area contributed by atoms with Crippen LogP contribution in [0.1, 0.15) is 16.8 Å². The molecule has 1 amide bonds. The lowest BCUT2D eigenvalue weighted by molar-refractivity contribution is 0.0669. The van der Waals surface area contributed by atoms with Gasteiger partial charge in [0.2, 0.25) is 0 Å². The van der Waals surface area contributed by atoms with Crippen molar-refractivity contribution >= 4 is 21.8 Å². The molecule has 1 aromatic rings. The van der Waals surface area contributed by atoms with Crippen LogP contribution in [0.3, 0.4) is 0 Å². The number of halogens is 2. The molecule has 0 aliphatic carbocycles. The van der Waals surface area contributed by atoms with Crippen LogP contribution in [0.25, 0.3) is 0 Å². The number of methoxy groups -OCH3 is 2. The molecule has 0 N–H and O–H groups in total. The first-order chi connectivity index (χ1) is 9.61. The molecular formula is C14H19BrFNO3. The van der Waals surface area contributed by atoms with Crippen molar-refractivity contribution in [2.24, 2.45) is 0 Å². The number of carbonyl (C=O) groups is 1. The van der Waals surface area contributed by atoms with Gasteiger partial charge in [0.25, 0.3) is 5.91 Å². The summed E-state index contributed by atoms with van der Waals surface area (Å²) in [4.78, 5) is 14.0. The average Bonchev–Trinajstić information content (AvgIpc) is 2.45. The predicted molar refractivity (Wildman–Crippen MR) is 78.4 cm³/mol. The number of hydrogen-bond acceptors (Lipinski definition) is 3. The van der Waals surface area contributed by atoms with Gasteiger partial charge < -0.3 is 14.4 Å². The van der Waals surface area contributed by atoms with Crippen molar-refractivity contribution in [3.05, 3.63) is 34.1 Å². The topological polar surface area (TPSA) is 38.8 Å². The Morgan fingerprint density at radius 1 is 1.25 bits per heavy atom. The minimum absolute atomic E-state index is 0.0629. The van der Waals surface area contributed by atoms with Gasteiger partial charge in [-0.2, -0.15) is 0 Å². The Labute approximate surface area is 127 Å². The average molecular weight is 348 g/mol. The third-order valence-corrected chi connectivity index (χ3v) is 3.42. The van der Waals surface area contributed by atoms with Gasteiger partial charge in [-0.25, -0.2) is 4.39 Å². The molecule has 0 aliphatic heterocycles. The smallest absolute Gasteiger partial charge is 0.256 e. The highest BCUT2D eigenvalue weighted by atomic mass is 79.9. The highest BCUT2D eigenvalue weighted by Crippen LogP contribution is 2.20. The van der Waals surface area contributed by atoms with Crippen molar-refractivity contribution in [1.82, 2.24) is 4.90 Å². The second-order valence-electron chi connectivity index (χ2n) is 4.23. The first kappa shape index (κ1) is 17.1. The van der Waals surface area contributed by atoms with E-state index in [2.05, 4.69) is 15.9 Å². The molecule has 0 saturated carbocycles. The Morgan fingerprint density at radius 3 is 2.60 bits per heavy atom. The van der Waals surface area contributed by atoms with Crippen LogP contribution in [0.2, 0.25) is 0 Å². The van der Waals surface area contributed by atoms with Crippen molar-refractivity contribution in [1.29, 1.82) is 0 Å². The summed E-state index contributed by atoms with van der Waals surface area (Å²) in [6.07, 6.45) is 0.696. The molecule has 0 unspecified atom stereocenters. The number of amides is 1. The molecular weight excluding hydrogens is 329 g/mol. The highest BCUT2D eigenvalue weighted by Gasteiger charge is 2.20. The molecule has 1 aromatic carbocycles. The van der Waals surface area contributed by atoms with E-state index in [1.165, 1.54) is 6.07 Å². The van der Waals surface area contributed by atoms with Gasteiger partial charge in [-0.15, -0.1) is 0 Å². The molecule has 6 heteroatoms. The SMILES string of the molecule is COCCCN(CCOC)C(=O)c1cccc(Br)c1F. The maximum Gasteiger partial charge on any atom is 0.256 e. The molecule has 20 heavy (non-hydrogen) atoms. The second kappa shape index (κ2) is 9.05. The van der Waals surface area contributed by atoms with Gasteiger partial charge >= 0.3 is 0 Å². The fourth-order valence-corrected chi connectivity index (χ4v) is 2.12. The third kappa shape index (κ3) is 4.85. The number of carbonyl (C=O) groups excluding carboxylic acids is 1. The molecule has 0 bridgehead atoms. The summed E-state index contributed by atoms with van der Waals surface area (Å²) in [6, 6.07) is 4.69. The van der Waals surface area contributed by atoms with Crippen LogP contribution >= 0.6 is 15.9 Å². The van der Waals surface area contributed by atoms with Gasteiger partial charge in [-0.3, -0.25) is 4.79 Å². The Morgan fingerprint density at radius 2 is 1.95 bits per heavy atom. The molecule has 0 spiro atoms. The number of ether oxygens (including phenoxy) is 2. The lowest BCUT2D eigenvalue weighted by Gasteiger charge is -2.22. The van der Waals surface area contributed by atoms with E-state index in [1.807, 2.05) is 0 Å². The molecule has 1 rings (SSSR count). The molecule has 0 saturated heterocycles. The quantitative estimate of drug-likeness (QED) is 0.678. The predicted octanol–water partition coefficient (Wildman–Crippen LogP) is 2.71. The second-order valence-corrected chi connectivity index (χ2v) is 5.09. The van der Waals surface area contributed by atoms with E-state index in [9.17, 15) is 9.18 Å². The molecule has 0 radical (unpaired) electrons. The lowest BCUT2D eigenvalue weighted by Crippen LogP contribution is -2.35. The summed E-state index contributed by atoms with van der Waals surface area (Å²) in [5, 5.41) is 0. The van der Waals surface area contributed by atoms with Crippen LogP contribution in [0, 0.1) is 5.82 Å².